The zero-order valence-corrected chi connectivity index (χ0v) is 13.6. The standard InChI is InChI=1S/C13H18NO10P/c14-7-4-2-1-3-6(7)12(18)23-13-10(17)11(24-25(19,20)21)9(16)8(5-15)22-13/h1-4,8-11,13,15-17H,5,14H2,(H2,19,20,21)/t8-,9-,10-,11+,13-/m1/s1. The number of hydrogen-bond donors (Lipinski definition) is 6. The molecule has 0 saturated carbocycles. The summed E-state index contributed by atoms with van der Waals surface area (Å²) in [5.74, 6) is -0.981. The second-order valence-corrected chi connectivity index (χ2v) is 6.45. The van der Waals surface area contributed by atoms with Crippen molar-refractivity contribution in [2.24, 2.45) is 0 Å². The van der Waals surface area contributed by atoms with Crippen LogP contribution in [0.5, 0.6) is 0 Å². The van der Waals surface area contributed by atoms with Crippen LogP contribution in [0.1, 0.15) is 10.4 Å². The van der Waals surface area contributed by atoms with Gasteiger partial charge in [0.1, 0.15) is 24.4 Å². The van der Waals surface area contributed by atoms with Crippen LogP contribution in [0.4, 0.5) is 5.69 Å². The summed E-state index contributed by atoms with van der Waals surface area (Å²) in [4.78, 5) is 29.9. The highest BCUT2D eigenvalue weighted by Crippen LogP contribution is 2.41. The van der Waals surface area contributed by atoms with Crippen LogP contribution in [0.3, 0.4) is 0 Å². The largest absolute Gasteiger partial charge is 0.470 e. The number of anilines is 1. The number of ether oxygens (including phenoxy) is 2. The number of phosphoric acid groups is 1. The van der Waals surface area contributed by atoms with Crippen LogP contribution in [-0.2, 0) is 18.6 Å². The van der Waals surface area contributed by atoms with Crippen LogP contribution in [-0.4, -0.2) is 68.4 Å². The summed E-state index contributed by atoms with van der Waals surface area (Å²) in [6, 6.07) is 5.90. The number of esters is 1. The molecule has 0 aliphatic carbocycles. The number of carbonyl (C=O) groups excluding carboxylic acids is 1. The van der Waals surface area contributed by atoms with Crippen LogP contribution in [0.2, 0.25) is 0 Å². The van der Waals surface area contributed by atoms with E-state index in [9.17, 15) is 24.7 Å². The highest BCUT2D eigenvalue weighted by Gasteiger charge is 2.49. The summed E-state index contributed by atoms with van der Waals surface area (Å²) in [5, 5.41) is 29.2. The molecule has 140 valence electrons. The van der Waals surface area contributed by atoms with Gasteiger partial charge in [0, 0.05) is 5.69 Å². The van der Waals surface area contributed by atoms with Crippen molar-refractivity contribution in [3.05, 3.63) is 29.8 Å². The molecule has 0 bridgehead atoms. The third-order valence-electron chi connectivity index (χ3n) is 3.48. The summed E-state index contributed by atoms with van der Waals surface area (Å²) < 4.78 is 25.4. The fraction of sp³-hybridized carbons (Fsp3) is 0.462. The average Bonchev–Trinajstić information content (AvgIpc) is 2.53. The van der Waals surface area contributed by atoms with E-state index in [1.165, 1.54) is 18.2 Å². The molecule has 0 radical (unpaired) electrons. The Kier molecular flexibility index (Phi) is 6.14. The Morgan fingerprint density at radius 1 is 1.24 bits per heavy atom. The Hall–Kier alpha value is -1.56. The maximum Gasteiger partial charge on any atom is 0.470 e. The summed E-state index contributed by atoms with van der Waals surface area (Å²) in [5.41, 5.74) is 5.70. The number of benzene rings is 1. The number of para-hydroxylation sites is 1. The molecule has 2 rings (SSSR count). The lowest BCUT2D eigenvalue weighted by Crippen LogP contribution is -2.60. The Balaban J connectivity index is 2.20. The smallest absolute Gasteiger partial charge is 0.429 e. The molecule has 0 spiro atoms. The Bertz CT molecular complexity index is 664. The van der Waals surface area contributed by atoms with Gasteiger partial charge in [-0.15, -0.1) is 0 Å². The van der Waals surface area contributed by atoms with Gasteiger partial charge in [0.05, 0.1) is 12.2 Å². The number of nitrogen functional groups attached to an aromatic ring is 1. The quantitative estimate of drug-likeness (QED) is 0.195. The number of aliphatic hydroxyl groups excluding tert-OH is 3. The number of rotatable bonds is 5. The molecule has 5 atom stereocenters. The van der Waals surface area contributed by atoms with Crippen molar-refractivity contribution in [1.82, 2.24) is 0 Å². The van der Waals surface area contributed by atoms with E-state index < -0.39 is 51.1 Å². The molecular formula is C13H18NO10P. The van der Waals surface area contributed by atoms with Gasteiger partial charge in [0.25, 0.3) is 0 Å². The van der Waals surface area contributed by atoms with E-state index in [0.29, 0.717) is 0 Å². The molecule has 12 heteroatoms. The van der Waals surface area contributed by atoms with Crippen molar-refractivity contribution < 1.29 is 48.5 Å². The minimum Gasteiger partial charge on any atom is -0.429 e. The maximum atomic E-state index is 12.1. The van der Waals surface area contributed by atoms with Gasteiger partial charge in [0.15, 0.2) is 0 Å². The molecule has 1 heterocycles. The summed E-state index contributed by atoms with van der Waals surface area (Å²) >= 11 is 0. The van der Waals surface area contributed by atoms with E-state index in [-0.39, 0.29) is 11.3 Å². The van der Waals surface area contributed by atoms with Gasteiger partial charge in [-0.2, -0.15) is 0 Å². The first-order chi connectivity index (χ1) is 11.6. The van der Waals surface area contributed by atoms with Crippen molar-refractivity contribution in [3.63, 3.8) is 0 Å². The lowest BCUT2D eigenvalue weighted by molar-refractivity contribution is -0.282. The molecule has 1 aromatic carbocycles. The molecule has 1 aliphatic rings. The molecule has 1 aromatic rings. The molecule has 1 fully saturated rings. The predicted octanol–water partition coefficient (Wildman–Crippen LogP) is -1.66. The van der Waals surface area contributed by atoms with Crippen molar-refractivity contribution in [2.45, 2.75) is 30.7 Å². The molecule has 1 aliphatic heterocycles. The van der Waals surface area contributed by atoms with E-state index in [0.717, 1.165) is 0 Å². The number of phosphoric ester groups is 1. The number of nitrogens with two attached hydrogens (primary N) is 1. The zero-order valence-electron chi connectivity index (χ0n) is 12.7. The molecule has 0 aromatic heterocycles. The highest BCUT2D eigenvalue weighted by molar-refractivity contribution is 7.46. The lowest BCUT2D eigenvalue weighted by Gasteiger charge is -2.40. The minimum absolute atomic E-state index is 0.0302. The van der Waals surface area contributed by atoms with E-state index >= 15 is 0 Å². The Labute approximate surface area is 141 Å². The van der Waals surface area contributed by atoms with Gasteiger partial charge >= 0.3 is 13.8 Å². The van der Waals surface area contributed by atoms with Gasteiger partial charge in [-0.05, 0) is 12.1 Å². The van der Waals surface area contributed by atoms with Crippen molar-refractivity contribution in [3.8, 4) is 0 Å². The number of aliphatic hydroxyl groups is 3. The highest BCUT2D eigenvalue weighted by atomic mass is 31.2. The first-order valence-electron chi connectivity index (χ1n) is 7.06. The predicted molar refractivity (Wildman–Crippen MR) is 80.9 cm³/mol. The van der Waals surface area contributed by atoms with Gasteiger partial charge in [-0.25, -0.2) is 9.36 Å². The maximum absolute atomic E-state index is 12.1. The molecule has 0 unspecified atom stereocenters. The van der Waals surface area contributed by atoms with E-state index in [1.807, 2.05) is 0 Å². The topological polar surface area (TPSA) is 189 Å². The first-order valence-corrected chi connectivity index (χ1v) is 8.59. The normalized spacial score (nSPS) is 30.0. The molecule has 11 nitrogen and oxygen atoms in total. The fourth-order valence-corrected chi connectivity index (χ4v) is 2.85. The second kappa shape index (κ2) is 7.77. The minimum atomic E-state index is -5.09. The molecule has 0 amide bonds. The molecule has 25 heavy (non-hydrogen) atoms. The summed E-state index contributed by atoms with van der Waals surface area (Å²) in [6.45, 7) is -0.781. The van der Waals surface area contributed by atoms with Gasteiger partial charge in [-0.3, -0.25) is 4.52 Å². The second-order valence-electron chi connectivity index (χ2n) is 5.26. The monoisotopic (exact) mass is 379 g/mol. The molecule has 1 saturated heterocycles. The first kappa shape index (κ1) is 19.8. The van der Waals surface area contributed by atoms with E-state index in [2.05, 4.69) is 4.52 Å². The number of carbonyl (C=O) groups is 1. The van der Waals surface area contributed by atoms with E-state index in [1.54, 1.807) is 6.07 Å². The van der Waals surface area contributed by atoms with Crippen LogP contribution < -0.4 is 5.73 Å². The van der Waals surface area contributed by atoms with Crippen LogP contribution in [0.25, 0.3) is 0 Å². The zero-order chi connectivity index (χ0) is 18.8. The number of hydrogen-bond acceptors (Lipinski definition) is 9. The van der Waals surface area contributed by atoms with Crippen molar-refractivity contribution in [2.75, 3.05) is 12.3 Å². The fourth-order valence-electron chi connectivity index (χ4n) is 2.29. The van der Waals surface area contributed by atoms with Crippen LogP contribution >= 0.6 is 7.82 Å². The summed E-state index contributed by atoms with van der Waals surface area (Å²) in [6.07, 6.45) is -8.74. The molecule has 7 N–H and O–H groups in total. The van der Waals surface area contributed by atoms with Crippen molar-refractivity contribution in [1.29, 1.82) is 0 Å². The lowest BCUT2D eigenvalue weighted by atomic mass is 9.99. The molecular weight excluding hydrogens is 361 g/mol. The van der Waals surface area contributed by atoms with Crippen LogP contribution in [0.15, 0.2) is 24.3 Å². The van der Waals surface area contributed by atoms with Gasteiger partial charge in [0.2, 0.25) is 6.29 Å². The Morgan fingerprint density at radius 2 is 1.88 bits per heavy atom. The SMILES string of the molecule is Nc1ccccc1C(=O)O[C@H]1O[C@H](CO)[C@@H](O)[C@H](OP(=O)(O)O)[C@H]1O. The third-order valence-corrected chi connectivity index (χ3v) is 4.00. The van der Waals surface area contributed by atoms with Gasteiger partial charge in [-0.1, -0.05) is 12.1 Å². The van der Waals surface area contributed by atoms with Crippen LogP contribution in [0, 0.1) is 0 Å². The Morgan fingerprint density at radius 3 is 2.44 bits per heavy atom. The summed E-state index contributed by atoms with van der Waals surface area (Å²) in [7, 11) is -5.09. The van der Waals surface area contributed by atoms with E-state index in [4.69, 9.17) is 25.0 Å². The van der Waals surface area contributed by atoms with Crippen molar-refractivity contribution >= 4 is 19.5 Å². The third kappa shape index (κ3) is 4.75. The van der Waals surface area contributed by atoms with Gasteiger partial charge < -0.3 is 40.3 Å². The average molecular weight is 379 g/mol.